The normalized spacial score (nSPS) is 16.7. The second-order valence-electron chi connectivity index (χ2n) is 9.64. The van der Waals surface area contributed by atoms with Crippen LogP contribution in [0.5, 0.6) is 0 Å². The van der Waals surface area contributed by atoms with E-state index < -0.39 is 32.8 Å². The molecule has 0 radical (unpaired) electrons. The molecule has 0 spiro atoms. The van der Waals surface area contributed by atoms with Gasteiger partial charge in [-0.3, -0.25) is 4.79 Å². The number of H-pyrrole nitrogens is 1. The van der Waals surface area contributed by atoms with Gasteiger partial charge >= 0.3 is 0 Å². The smallest absolute Gasteiger partial charge is 0.235 e. The molecule has 1 aliphatic rings. The molecular weight excluding hydrogens is 597 g/mol. The molecule has 1 atom stereocenters. The Labute approximate surface area is 240 Å². The summed E-state index contributed by atoms with van der Waals surface area (Å²) in [7, 11) is -3.64. The molecule has 0 saturated carbocycles. The summed E-state index contributed by atoms with van der Waals surface area (Å²) in [6.07, 6.45) is 5.38. The number of sulfone groups is 1. The number of Topliss-reactive ketones (excluding diaryl/α,β-unsaturated/α-hetero) is 1. The summed E-state index contributed by atoms with van der Waals surface area (Å²) in [5, 5.41) is 38.1. The maximum atomic E-state index is 15.1. The monoisotopic (exact) mass is 615 g/mol. The van der Waals surface area contributed by atoms with Crippen molar-refractivity contribution >= 4 is 38.6 Å². The number of carbonyl (C=O) groups excluding carboxylic acids is 1. The summed E-state index contributed by atoms with van der Waals surface area (Å²) >= 11 is 7.03. The molecule has 210 valence electrons. The van der Waals surface area contributed by atoms with Crippen LogP contribution in [0.25, 0.3) is 28.1 Å². The van der Waals surface area contributed by atoms with E-state index >= 15 is 4.39 Å². The van der Waals surface area contributed by atoms with Crippen LogP contribution < -0.4 is 4.73 Å². The van der Waals surface area contributed by atoms with Crippen LogP contribution in [0.15, 0.2) is 48.4 Å². The molecule has 1 unspecified atom stereocenters. The summed E-state index contributed by atoms with van der Waals surface area (Å²) in [6, 6.07) is 6.86. The number of benzene rings is 1. The number of ketones is 1. The average Bonchev–Trinajstić information content (AvgIpc) is 3.70. The minimum absolute atomic E-state index is 0.00569. The minimum atomic E-state index is -3.64. The number of nitrogens with one attached hydrogen (secondary N) is 1. The minimum Gasteiger partial charge on any atom is -0.618 e. The molecule has 0 saturated heterocycles. The van der Waals surface area contributed by atoms with E-state index in [1.54, 1.807) is 24.3 Å². The zero-order chi connectivity index (χ0) is 29.1. The molecule has 6 rings (SSSR count). The third-order valence-electron chi connectivity index (χ3n) is 6.76. The van der Waals surface area contributed by atoms with E-state index in [0.717, 1.165) is 17.6 Å². The number of carbonyl (C=O) groups is 1. The van der Waals surface area contributed by atoms with Crippen LogP contribution in [0.1, 0.15) is 33.2 Å². The van der Waals surface area contributed by atoms with Gasteiger partial charge < -0.3 is 15.3 Å². The van der Waals surface area contributed by atoms with Crippen LogP contribution in [-0.2, 0) is 21.9 Å². The molecule has 0 aliphatic heterocycles. The summed E-state index contributed by atoms with van der Waals surface area (Å²) in [4.78, 5) is 19.1. The molecule has 1 aromatic carbocycles. The van der Waals surface area contributed by atoms with E-state index in [4.69, 9.17) is 11.6 Å². The number of fused-ring (bicyclic) bond motifs is 1. The largest absolute Gasteiger partial charge is 0.618 e. The van der Waals surface area contributed by atoms with Gasteiger partial charge in [0.25, 0.3) is 0 Å². The molecule has 2 N–H and O–H groups in total. The first-order chi connectivity index (χ1) is 19.4. The predicted molar refractivity (Wildman–Crippen MR) is 146 cm³/mol. The molecule has 12 nitrogen and oxygen atoms in total. The van der Waals surface area contributed by atoms with Gasteiger partial charge in [-0.2, -0.15) is 9.41 Å². The number of hydrogen-bond acceptors (Lipinski definition) is 10. The highest BCUT2D eigenvalue weighted by molar-refractivity contribution is 7.91. The van der Waals surface area contributed by atoms with Crippen LogP contribution in [0, 0.1) is 11.0 Å². The maximum absolute atomic E-state index is 15.1. The molecule has 4 heterocycles. The number of nitrogens with zero attached hydrogens (tertiary/aromatic N) is 6. The zero-order valence-electron chi connectivity index (χ0n) is 21.1. The van der Waals surface area contributed by atoms with Crippen molar-refractivity contribution in [2.75, 3.05) is 12.0 Å². The van der Waals surface area contributed by atoms with Crippen LogP contribution in [0.2, 0.25) is 5.02 Å². The van der Waals surface area contributed by atoms with E-state index in [1.165, 1.54) is 28.8 Å². The number of imidazole rings is 1. The Morgan fingerprint density at radius 1 is 1.34 bits per heavy atom. The highest BCUT2D eigenvalue weighted by atomic mass is 35.5. The van der Waals surface area contributed by atoms with E-state index in [2.05, 4.69) is 25.5 Å². The van der Waals surface area contributed by atoms with Crippen molar-refractivity contribution in [3.63, 3.8) is 0 Å². The lowest BCUT2D eigenvalue weighted by molar-refractivity contribution is -0.620. The van der Waals surface area contributed by atoms with Crippen LogP contribution in [0.4, 0.5) is 4.39 Å². The van der Waals surface area contributed by atoms with Gasteiger partial charge in [-0.1, -0.05) is 11.6 Å². The molecule has 0 amide bonds. The lowest BCUT2D eigenvalue weighted by Gasteiger charge is -2.20. The highest BCUT2D eigenvalue weighted by Gasteiger charge is 2.48. The molecule has 16 heteroatoms. The first-order valence-corrected chi connectivity index (χ1v) is 15.3. The molecule has 5 aromatic rings. The molecule has 41 heavy (non-hydrogen) atoms. The second kappa shape index (κ2) is 9.80. The van der Waals surface area contributed by atoms with Crippen molar-refractivity contribution in [3.05, 3.63) is 86.4 Å². The third kappa shape index (κ3) is 4.80. The van der Waals surface area contributed by atoms with Crippen molar-refractivity contribution in [2.24, 2.45) is 0 Å². The molecule has 1 aliphatic carbocycles. The van der Waals surface area contributed by atoms with Gasteiger partial charge in [-0.25, -0.2) is 17.8 Å². The number of halogens is 2. The van der Waals surface area contributed by atoms with Gasteiger partial charge in [0, 0.05) is 38.9 Å². The Morgan fingerprint density at radius 2 is 2.15 bits per heavy atom. The van der Waals surface area contributed by atoms with E-state index in [9.17, 15) is 23.5 Å². The summed E-state index contributed by atoms with van der Waals surface area (Å²) in [5.41, 5.74) is 0.726. The van der Waals surface area contributed by atoms with Crippen molar-refractivity contribution in [3.8, 4) is 28.1 Å². The lowest BCUT2D eigenvalue weighted by atomic mass is 9.98. The average molecular weight is 616 g/mol. The summed E-state index contributed by atoms with van der Waals surface area (Å²) in [5.74, 6) is -2.53. The lowest BCUT2D eigenvalue weighted by Crippen LogP contribution is -2.42. The third-order valence-corrected chi connectivity index (χ3v) is 8.78. The maximum Gasteiger partial charge on any atom is 0.235 e. The SMILES string of the molecule is CS(=O)(=O)CC(=O)c1scc(-c2cnc(C3(O)CCc4cc(-c5cc(Cl)ccc5-n5cnnn5)c[n+]([O-])c43)[nH]2)c1F. The fourth-order valence-corrected chi connectivity index (χ4v) is 6.74. The van der Waals surface area contributed by atoms with Crippen molar-refractivity contribution in [1.82, 2.24) is 30.2 Å². The van der Waals surface area contributed by atoms with Gasteiger partial charge in [0.2, 0.25) is 11.3 Å². The van der Waals surface area contributed by atoms with Gasteiger partial charge in [-0.15, -0.1) is 16.4 Å². The number of thiophene rings is 1. The number of hydrogen-bond donors (Lipinski definition) is 2. The van der Waals surface area contributed by atoms with Gasteiger partial charge in [-0.05, 0) is 47.5 Å². The second-order valence-corrected chi connectivity index (χ2v) is 13.1. The van der Waals surface area contributed by atoms with E-state index in [-0.39, 0.29) is 34.1 Å². The van der Waals surface area contributed by atoms with Gasteiger partial charge in [0.05, 0.1) is 17.6 Å². The zero-order valence-corrected chi connectivity index (χ0v) is 23.5. The number of aromatic nitrogens is 7. The number of aromatic amines is 1. The highest BCUT2D eigenvalue weighted by Crippen LogP contribution is 2.42. The number of aryl methyl sites for hydroxylation is 1. The standard InChI is InChI=1S/C25H19ClFN7O5S2/c1-41(38,39)11-20(35)22-21(27)17(10-40-22)18-8-28-24(30-18)25(36)5-4-13-6-14(9-34(37)23(13)25)16-7-15(26)2-3-19(16)33-12-29-31-32-33/h2-3,6-10,12,36H,4-5,11H2,1H3,(H,28,30). The Morgan fingerprint density at radius 3 is 2.88 bits per heavy atom. The first-order valence-electron chi connectivity index (χ1n) is 12.0. The number of aliphatic hydroxyl groups is 1. The molecule has 0 bridgehead atoms. The van der Waals surface area contributed by atoms with E-state index in [0.29, 0.717) is 38.6 Å². The molecular formula is C25H19ClFN7O5S2. The van der Waals surface area contributed by atoms with Crippen molar-refractivity contribution in [1.29, 1.82) is 0 Å². The Bertz CT molecular complexity index is 1940. The fraction of sp³-hybridized carbons (Fsp3) is 0.200. The topological polar surface area (TPSA) is 171 Å². The van der Waals surface area contributed by atoms with Crippen molar-refractivity contribution in [2.45, 2.75) is 18.4 Å². The fourth-order valence-electron chi connectivity index (χ4n) is 4.97. The first kappa shape index (κ1) is 27.1. The van der Waals surface area contributed by atoms with Gasteiger partial charge in [0.1, 0.15) is 22.8 Å². The Hall–Kier alpha value is -4.05. The van der Waals surface area contributed by atoms with Gasteiger partial charge in [0.15, 0.2) is 27.6 Å². The Kier molecular flexibility index (Phi) is 6.48. The van der Waals surface area contributed by atoms with Crippen molar-refractivity contribution < 1.29 is 27.4 Å². The predicted octanol–water partition coefficient (Wildman–Crippen LogP) is 2.62. The summed E-state index contributed by atoms with van der Waals surface area (Å²) in [6.45, 7) is 0. The van der Waals surface area contributed by atoms with E-state index in [1.807, 2.05) is 0 Å². The molecule has 4 aromatic heterocycles. The van der Waals surface area contributed by atoms with Crippen LogP contribution >= 0.6 is 22.9 Å². The number of pyridine rings is 1. The number of rotatable bonds is 7. The molecule has 0 fully saturated rings. The van der Waals surface area contributed by atoms with Crippen LogP contribution in [-0.4, -0.2) is 61.5 Å². The quantitative estimate of drug-likeness (QED) is 0.159. The number of tetrazole rings is 1. The Balaban J connectivity index is 1.36. The van der Waals surface area contributed by atoms with Crippen LogP contribution in [0.3, 0.4) is 0 Å². The summed E-state index contributed by atoms with van der Waals surface area (Å²) < 4.78 is 40.1.